The van der Waals surface area contributed by atoms with Crippen molar-refractivity contribution in [3.63, 3.8) is 0 Å². The Morgan fingerprint density at radius 3 is 2.95 bits per heavy atom. The fourth-order valence-electron chi connectivity index (χ4n) is 2.11. The number of rotatable bonds is 3. The maximum Gasteiger partial charge on any atom is 0.259 e. The molecule has 0 aliphatic heterocycles. The van der Waals surface area contributed by atoms with Crippen LogP contribution in [0.1, 0.15) is 5.69 Å². The lowest BCUT2D eigenvalue weighted by Crippen LogP contribution is -2.10. The molecule has 7 heteroatoms. The zero-order valence-corrected chi connectivity index (χ0v) is 10.8. The number of para-hydroxylation sites is 1. The summed E-state index contributed by atoms with van der Waals surface area (Å²) in [6, 6.07) is 7.12. The van der Waals surface area contributed by atoms with Crippen LogP contribution >= 0.6 is 0 Å². The summed E-state index contributed by atoms with van der Waals surface area (Å²) >= 11 is 0. The second-order valence-electron chi connectivity index (χ2n) is 4.33. The van der Waals surface area contributed by atoms with Crippen LogP contribution in [-0.2, 0) is 11.3 Å². The molecular formula is C13H13N5O2. The number of nitrogen functional groups attached to an aromatic ring is 1. The van der Waals surface area contributed by atoms with Gasteiger partial charge in [-0.3, -0.25) is 9.89 Å². The zero-order valence-electron chi connectivity index (χ0n) is 10.8. The van der Waals surface area contributed by atoms with E-state index in [9.17, 15) is 4.79 Å². The highest BCUT2D eigenvalue weighted by molar-refractivity contribution is 5.81. The zero-order chi connectivity index (χ0) is 14.1. The van der Waals surface area contributed by atoms with Crippen molar-refractivity contribution in [3.05, 3.63) is 40.3 Å². The number of benzene rings is 1. The van der Waals surface area contributed by atoms with Gasteiger partial charge in [-0.25, -0.2) is 4.98 Å². The number of ether oxygens (including phenoxy) is 1. The molecule has 0 atom stereocenters. The van der Waals surface area contributed by atoms with Crippen molar-refractivity contribution in [2.24, 2.45) is 0 Å². The molecule has 1 aromatic carbocycles. The van der Waals surface area contributed by atoms with Crippen LogP contribution in [0.15, 0.2) is 29.1 Å². The van der Waals surface area contributed by atoms with Crippen LogP contribution in [-0.4, -0.2) is 27.3 Å². The fourth-order valence-corrected chi connectivity index (χ4v) is 2.11. The Morgan fingerprint density at radius 2 is 2.15 bits per heavy atom. The molecule has 0 spiro atoms. The van der Waals surface area contributed by atoms with Crippen LogP contribution in [0.2, 0.25) is 0 Å². The summed E-state index contributed by atoms with van der Waals surface area (Å²) in [4.78, 5) is 19.2. The number of aromatic amines is 2. The van der Waals surface area contributed by atoms with E-state index in [2.05, 4.69) is 20.2 Å². The highest BCUT2D eigenvalue weighted by Crippen LogP contribution is 2.25. The maximum absolute atomic E-state index is 12.1. The van der Waals surface area contributed by atoms with Crippen LogP contribution in [0.3, 0.4) is 0 Å². The maximum atomic E-state index is 12.1. The number of nitrogens with one attached hydrogen (secondary N) is 2. The first-order chi connectivity index (χ1) is 9.70. The Morgan fingerprint density at radius 1 is 1.35 bits per heavy atom. The first-order valence-electron chi connectivity index (χ1n) is 6.02. The molecule has 0 radical (unpaired) electrons. The van der Waals surface area contributed by atoms with Crippen LogP contribution in [0.5, 0.6) is 0 Å². The van der Waals surface area contributed by atoms with Crippen LogP contribution in [0.4, 0.5) is 5.82 Å². The van der Waals surface area contributed by atoms with E-state index in [1.165, 1.54) is 0 Å². The molecule has 3 aromatic rings. The number of anilines is 1. The summed E-state index contributed by atoms with van der Waals surface area (Å²) in [5.74, 6) is 0.655. The third-order valence-corrected chi connectivity index (χ3v) is 3.01. The Hall–Kier alpha value is -2.67. The molecule has 0 bridgehead atoms. The Kier molecular flexibility index (Phi) is 2.96. The Balaban J connectivity index is 2.25. The number of methoxy groups -OCH3 is 1. The number of fused-ring (bicyclic) bond motifs is 1. The quantitative estimate of drug-likeness (QED) is 0.659. The van der Waals surface area contributed by atoms with Gasteiger partial charge >= 0.3 is 0 Å². The van der Waals surface area contributed by atoms with Crippen molar-refractivity contribution in [1.29, 1.82) is 0 Å². The molecule has 0 unspecified atom stereocenters. The monoisotopic (exact) mass is 271 g/mol. The molecule has 102 valence electrons. The summed E-state index contributed by atoms with van der Waals surface area (Å²) < 4.78 is 5.07. The van der Waals surface area contributed by atoms with Crippen molar-refractivity contribution in [2.45, 2.75) is 6.61 Å². The smallest absolute Gasteiger partial charge is 0.259 e. The Bertz CT molecular complexity index is 821. The van der Waals surface area contributed by atoms with Crippen molar-refractivity contribution < 1.29 is 4.74 Å². The summed E-state index contributed by atoms with van der Waals surface area (Å²) in [5, 5.41) is 7.24. The molecule has 4 N–H and O–H groups in total. The van der Waals surface area contributed by atoms with E-state index < -0.39 is 0 Å². The number of hydrogen-bond acceptors (Lipinski definition) is 5. The molecule has 0 fully saturated rings. The van der Waals surface area contributed by atoms with E-state index >= 15 is 0 Å². The largest absolute Gasteiger partial charge is 0.382 e. The number of aromatic nitrogens is 4. The molecule has 2 heterocycles. The summed E-state index contributed by atoms with van der Waals surface area (Å²) in [6.45, 7) is 0.302. The van der Waals surface area contributed by atoms with Crippen molar-refractivity contribution in [2.75, 3.05) is 12.8 Å². The van der Waals surface area contributed by atoms with E-state index in [-0.39, 0.29) is 11.4 Å². The third kappa shape index (κ3) is 1.94. The van der Waals surface area contributed by atoms with Crippen LogP contribution in [0, 0.1) is 0 Å². The second-order valence-corrected chi connectivity index (χ2v) is 4.33. The lowest BCUT2D eigenvalue weighted by molar-refractivity contribution is 0.182. The van der Waals surface area contributed by atoms with E-state index in [4.69, 9.17) is 10.5 Å². The molecule has 0 saturated carbocycles. The van der Waals surface area contributed by atoms with E-state index in [0.717, 1.165) is 0 Å². The van der Waals surface area contributed by atoms with Gasteiger partial charge in [0.2, 0.25) is 0 Å². The van der Waals surface area contributed by atoms with Gasteiger partial charge < -0.3 is 15.5 Å². The third-order valence-electron chi connectivity index (χ3n) is 3.01. The molecule has 0 aliphatic rings. The predicted octanol–water partition coefficient (Wildman–Crippen LogP) is 1.04. The first kappa shape index (κ1) is 12.4. The van der Waals surface area contributed by atoms with Crippen molar-refractivity contribution >= 4 is 16.7 Å². The highest BCUT2D eigenvalue weighted by atomic mass is 16.5. The highest BCUT2D eigenvalue weighted by Gasteiger charge is 2.16. The SMILES string of the molecule is COCc1[nH]nc(N)c1-c1nc2ccccc2c(=O)[nH]1. The van der Waals surface area contributed by atoms with Crippen LogP contribution in [0.25, 0.3) is 22.3 Å². The van der Waals surface area contributed by atoms with E-state index in [1.807, 2.05) is 6.07 Å². The normalized spacial score (nSPS) is 11.1. The molecule has 20 heavy (non-hydrogen) atoms. The van der Waals surface area contributed by atoms with E-state index in [1.54, 1.807) is 25.3 Å². The summed E-state index contributed by atoms with van der Waals surface area (Å²) in [5.41, 5.74) is 7.47. The molecule has 7 nitrogen and oxygen atoms in total. The molecule has 0 amide bonds. The van der Waals surface area contributed by atoms with Gasteiger partial charge in [0.1, 0.15) is 5.82 Å². The number of nitrogens with two attached hydrogens (primary N) is 1. The number of nitrogens with zero attached hydrogens (tertiary/aromatic N) is 2. The van der Waals surface area contributed by atoms with Gasteiger partial charge in [-0.2, -0.15) is 5.10 Å². The minimum atomic E-state index is -0.213. The molecule has 2 aromatic heterocycles. The van der Waals surface area contributed by atoms with Gasteiger partial charge in [-0.15, -0.1) is 0 Å². The summed E-state index contributed by atoms with van der Waals surface area (Å²) in [7, 11) is 1.57. The minimum absolute atomic E-state index is 0.213. The fraction of sp³-hybridized carbons (Fsp3) is 0.154. The second kappa shape index (κ2) is 4.78. The Labute approximate surface area is 113 Å². The van der Waals surface area contributed by atoms with Gasteiger partial charge in [-0.1, -0.05) is 12.1 Å². The lowest BCUT2D eigenvalue weighted by Gasteiger charge is -2.04. The molecule has 3 rings (SSSR count). The molecule has 0 aliphatic carbocycles. The van der Waals surface area contributed by atoms with Crippen LogP contribution < -0.4 is 11.3 Å². The predicted molar refractivity (Wildman–Crippen MR) is 75.1 cm³/mol. The lowest BCUT2D eigenvalue weighted by atomic mass is 10.2. The van der Waals surface area contributed by atoms with Gasteiger partial charge in [-0.05, 0) is 12.1 Å². The van der Waals surface area contributed by atoms with Crippen molar-refractivity contribution in [3.8, 4) is 11.4 Å². The standard InChI is InChI=1S/C13H13N5O2/c1-20-6-9-10(11(14)18-17-9)12-15-8-5-3-2-4-7(8)13(19)16-12/h2-5H,6H2,1H3,(H3,14,17,18)(H,15,16,19). The number of H-pyrrole nitrogens is 2. The average molecular weight is 271 g/mol. The molecule has 0 saturated heterocycles. The topological polar surface area (TPSA) is 110 Å². The van der Waals surface area contributed by atoms with Gasteiger partial charge in [0, 0.05) is 7.11 Å². The first-order valence-corrected chi connectivity index (χ1v) is 6.02. The van der Waals surface area contributed by atoms with Gasteiger partial charge in [0.25, 0.3) is 5.56 Å². The van der Waals surface area contributed by atoms with Gasteiger partial charge in [0.15, 0.2) is 5.82 Å². The number of hydrogen-bond donors (Lipinski definition) is 3. The molecular weight excluding hydrogens is 258 g/mol. The van der Waals surface area contributed by atoms with Crippen molar-refractivity contribution in [1.82, 2.24) is 20.2 Å². The average Bonchev–Trinajstić information content (AvgIpc) is 2.80. The summed E-state index contributed by atoms with van der Waals surface area (Å²) in [6.07, 6.45) is 0. The minimum Gasteiger partial charge on any atom is -0.382 e. The van der Waals surface area contributed by atoms with Gasteiger partial charge in [0.05, 0.1) is 28.8 Å². The van der Waals surface area contributed by atoms with E-state index in [0.29, 0.717) is 34.6 Å².